The zero-order chi connectivity index (χ0) is 20.4. The van der Waals surface area contributed by atoms with E-state index < -0.39 is 0 Å². The van der Waals surface area contributed by atoms with Gasteiger partial charge < -0.3 is 4.52 Å². The van der Waals surface area contributed by atoms with Crippen LogP contribution >= 0.6 is 11.3 Å². The van der Waals surface area contributed by atoms with Gasteiger partial charge in [-0.1, -0.05) is 73.6 Å². The van der Waals surface area contributed by atoms with Gasteiger partial charge in [-0.2, -0.15) is 0 Å². The van der Waals surface area contributed by atoms with Crippen molar-refractivity contribution in [2.24, 2.45) is 0 Å². The summed E-state index contributed by atoms with van der Waals surface area (Å²) in [6, 6.07) is 17.9. The lowest BCUT2D eigenvalue weighted by Gasteiger charge is -2.05. The van der Waals surface area contributed by atoms with Gasteiger partial charge >= 0.3 is 0 Å². The Morgan fingerprint density at radius 2 is 1.76 bits per heavy atom. The summed E-state index contributed by atoms with van der Waals surface area (Å²) in [4.78, 5) is 17.5. The highest BCUT2D eigenvalue weighted by Gasteiger charge is 2.22. The lowest BCUT2D eigenvalue weighted by atomic mass is 10.0. The molecule has 0 aliphatic carbocycles. The van der Waals surface area contributed by atoms with Crippen LogP contribution < -0.4 is 5.32 Å². The van der Waals surface area contributed by atoms with Gasteiger partial charge in [0, 0.05) is 16.5 Å². The molecular weight excluding hydrogens is 382 g/mol. The standard InChI is InChI=1S/C23H21N3O2S/c1-14(2)16-9-11-17(12-10-16)19-13-29-23(24-19)25-22(27)20-15(3)28-26-21(20)18-7-5-4-6-8-18/h4-14H,1-3H3,(H,24,25,27). The quantitative estimate of drug-likeness (QED) is 0.434. The van der Waals surface area contributed by atoms with Gasteiger partial charge in [-0.25, -0.2) is 4.98 Å². The molecule has 2 heterocycles. The summed E-state index contributed by atoms with van der Waals surface area (Å²) >= 11 is 1.39. The minimum absolute atomic E-state index is 0.279. The smallest absolute Gasteiger partial charge is 0.263 e. The third-order valence-electron chi connectivity index (χ3n) is 4.73. The minimum atomic E-state index is -0.279. The third-order valence-corrected chi connectivity index (χ3v) is 5.49. The number of aromatic nitrogens is 2. The van der Waals surface area contributed by atoms with Crippen LogP contribution in [0.1, 0.15) is 41.4 Å². The largest absolute Gasteiger partial charge is 0.360 e. The van der Waals surface area contributed by atoms with E-state index in [9.17, 15) is 4.79 Å². The zero-order valence-electron chi connectivity index (χ0n) is 16.5. The lowest BCUT2D eigenvalue weighted by molar-refractivity contribution is 0.102. The molecule has 2 aromatic carbocycles. The summed E-state index contributed by atoms with van der Waals surface area (Å²) in [5.74, 6) is 0.681. The molecule has 0 unspecified atom stereocenters. The topological polar surface area (TPSA) is 68.0 Å². The molecule has 0 spiro atoms. The summed E-state index contributed by atoms with van der Waals surface area (Å²) in [6.45, 7) is 6.07. The predicted molar refractivity (Wildman–Crippen MR) is 116 cm³/mol. The van der Waals surface area contributed by atoms with E-state index in [1.165, 1.54) is 16.9 Å². The van der Waals surface area contributed by atoms with Gasteiger partial charge in [0.25, 0.3) is 5.91 Å². The fourth-order valence-electron chi connectivity index (χ4n) is 3.09. The fraction of sp³-hybridized carbons (Fsp3) is 0.174. The molecule has 1 amide bonds. The van der Waals surface area contributed by atoms with Crippen LogP contribution in [0.25, 0.3) is 22.5 Å². The molecule has 0 fully saturated rings. The van der Waals surface area contributed by atoms with Crippen LogP contribution in [0.5, 0.6) is 0 Å². The van der Waals surface area contributed by atoms with Crippen molar-refractivity contribution in [1.82, 2.24) is 10.1 Å². The third kappa shape index (κ3) is 3.98. The van der Waals surface area contributed by atoms with Crippen LogP contribution in [0.2, 0.25) is 0 Å². The second-order valence-corrected chi connectivity index (χ2v) is 7.96. The van der Waals surface area contributed by atoms with Gasteiger partial charge in [0.15, 0.2) is 5.13 Å². The monoisotopic (exact) mass is 403 g/mol. The molecule has 0 atom stereocenters. The minimum Gasteiger partial charge on any atom is -0.360 e. The number of benzene rings is 2. The van der Waals surface area contributed by atoms with Gasteiger partial charge in [0.2, 0.25) is 0 Å². The maximum Gasteiger partial charge on any atom is 0.263 e. The Bertz CT molecular complexity index is 1130. The van der Waals surface area contributed by atoms with Crippen LogP contribution in [-0.4, -0.2) is 16.0 Å². The Kier molecular flexibility index (Phi) is 5.27. The predicted octanol–water partition coefficient (Wildman–Crippen LogP) is 6.15. The second kappa shape index (κ2) is 8.01. The van der Waals surface area contributed by atoms with Crippen LogP contribution in [0.15, 0.2) is 64.5 Å². The van der Waals surface area contributed by atoms with Gasteiger partial charge in [0.1, 0.15) is 17.0 Å². The molecular formula is C23H21N3O2S. The summed E-state index contributed by atoms with van der Waals surface area (Å²) in [6.07, 6.45) is 0. The molecule has 146 valence electrons. The highest BCUT2D eigenvalue weighted by molar-refractivity contribution is 7.14. The zero-order valence-corrected chi connectivity index (χ0v) is 17.3. The number of nitrogens with zero attached hydrogens (tertiary/aromatic N) is 2. The van der Waals surface area contributed by atoms with Crippen LogP contribution in [0.3, 0.4) is 0 Å². The fourth-order valence-corrected chi connectivity index (χ4v) is 3.81. The molecule has 0 bridgehead atoms. The normalized spacial score (nSPS) is 11.0. The molecule has 0 saturated carbocycles. The summed E-state index contributed by atoms with van der Waals surface area (Å²) in [7, 11) is 0. The van der Waals surface area contributed by atoms with Crippen molar-refractivity contribution in [2.75, 3.05) is 5.32 Å². The molecule has 0 aliphatic rings. The highest BCUT2D eigenvalue weighted by atomic mass is 32.1. The SMILES string of the molecule is Cc1onc(-c2ccccc2)c1C(=O)Nc1nc(-c2ccc(C(C)C)cc2)cs1. The van der Waals surface area contributed by atoms with Crippen molar-refractivity contribution in [3.05, 3.63) is 76.9 Å². The van der Waals surface area contributed by atoms with E-state index in [4.69, 9.17) is 4.52 Å². The number of aryl methyl sites for hydroxylation is 1. The highest BCUT2D eigenvalue weighted by Crippen LogP contribution is 2.29. The number of hydrogen-bond donors (Lipinski definition) is 1. The average molecular weight is 404 g/mol. The maximum absolute atomic E-state index is 12.9. The van der Waals surface area contributed by atoms with E-state index in [-0.39, 0.29) is 5.91 Å². The molecule has 4 aromatic rings. The van der Waals surface area contributed by atoms with E-state index in [0.29, 0.717) is 28.1 Å². The first-order valence-corrected chi connectivity index (χ1v) is 10.3. The van der Waals surface area contributed by atoms with E-state index >= 15 is 0 Å². The van der Waals surface area contributed by atoms with Crippen LogP contribution in [0.4, 0.5) is 5.13 Å². The first-order valence-electron chi connectivity index (χ1n) is 9.42. The van der Waals surface area contributed by atoms with Crippen LogP contribution in [0, 0.1) is 6.92 Å². The van der Waals surface area contributed by atoms with E-state index in [0.717, 1.165) is 16.8 Å². The molecule has 29 heavy (non-hydrogen) atoms. The molecule has 5 nitrogen and oxygen atoms in total. The van der Waals surface area contributed by atoms with E-state index in [1.54, 1.807) is 6.92 Å². The maximum atomic E-state index is 12.9. The number of thiazole rings is 1. The first kappa shape index (κ1) is 19.1. The van der Waals surface area contributed by atoms with Gasteiger partial charge in [-0.05, 0) is 18.4 Å². The van der Waals surface area contributed by atoms with Crippen molar-refractivity contribution >= 4 is 22.4 Å². The molecule has 2 aromatic heterocycles. The number of rotatable bonds is 5. The van der Waals surface area contributed by atoms with Gasteiger partial charge in [-0.3, -0.25) is 10.1 Å². The summed E-state index contributed by atoms with van der Waals surface area (Å²) in [5, 5.41) is 9.44. The Balaban J connectivity index is 1.56. The van der Waals surface area contributed by atoms with Gasteiger partial charge in [0.05, 0.1) is 5.69 Å². The van der Waals surface area contributed by atoms with E-state index in [2.05, 4.69) is 53.6 Å². The number of amides is 1. The van der Waals surface area contributed by atoms with Crippen molar-refractivity contribution in [3.63, 3.8) is 0 Å². The molecule has 0 saturated heterocycles. The van der Waals surface area contributed by atoms with Crippen LogP contribution in [-0.2, 0) is 0 Å². The first-order chi connectivity index (χ1) is 14.0. The molecule has 0 radical (unpaired) electrons. The van der Waals surface area contributed by atoms with Crippen molar-refractivity contribution in [3.8, 4) is 22.5 Å². The lowest BCUT2D eigenvalue weighted by Crippen LogP contribution is -2.13. The Hall–Kier alpha value is -3.25. The number of anilines is 1. The number of hydrogen-bond acceptors (Lipinski definition) is 5. The Morgan fingerprint density at radius 1 is 1.03 bits per heavy atom. The number of carbonyl (C=O) groups is 1. The Labute approximate surface area is 173 Å². The Morgan fingerprint density at radius 3 is 2.45 bits per heavy atom. The van der Waals surface area contributed by atoms with Crippen molar-refractivity contribution < 1.29 is 9.32 Å². The average Bonchev–Trinajstić information content (AvgIpc) is 3.35. The number of nitrogens with one attached hydrogen (secondary N) is 1. The van der Waals surface area contributed by atoms with E-state index in [1.807, 2.05) is 35.7 Å². The molecule has 0 aliphatic heterocycles. The second-order valence-electron chi connectivity index (χ2n) is 7.10. The molecule has 6 heteroatoms. The summed E-state index contributed by atoms with van der Waals surface area (Å²) in [5.41, 5.74) is 4.94. The van der Waals surface area contributed by atoms with Crippen molar-refractivity contribution in [2.45, 2.75) is 26.7 Å². The van der Waals surface area contributed by atoms with Crippen molar-refractivity contribution in [1.29, 1.82) is 0 Å². The summed E-state index contributed by atoms with van der Waals surface area (Å²) < 4.78 is 5.29. The molecule has 1 N–H and O–H groups in total. The number of carbonyl (C=O) groups excluding carboxylic acids is 1. The molecule has 4 rings (SSSR count). The van der Waals surface area contributed by atoms with Gasteiger partial charge in [-0.15, -0.1) is 11.3 Å².